The number of hydrogen-bond acceptors (Lipinski definition) is 5. The Morgan fingerprint density at radius 3 is 2.38 bits per heavy atom. The fourth-order valence-corrected chi connectivity index (χ4v) is 5.92. The topological polar surface area (TPSA) is 58.4 Å². The number of piperazine rings is 1. The van der Waals surface area contributed by atoms with Gasteiger partial charge in [0, 0.05) is 55.6 Å². The summed E-state index contributed by atoms with van der Waals surface area (Å²) in [6.07, 6.45) is 0.983. The van der Waals surface area contributed by atoms with Gasteiger partial charge in [-0.25, -0.2) is 4.98 Å². The number of anilines is 1. The maximum atomic E-state index is 13.4. The van der Waals surface area contributed by atoms with Gasteiger partial charge in [-0.1, -0.05) is 71.9 Å². The van der Waals surface area contributed by atoms with Gasteiger partial charge < -0.3 is 9.80 Å². The number of halogens is 1. The number of aromatic nitrogens is 2. The summed E-state index contributed by atoms with van der Waals surface area (Å²) < 4.78 is 1.71. The predicted molar refractivity (Wildman–Crippen MR) is 151 cm³/mol. The second-order valence-electron chi connectivity index (χ2n) is 9.06. The average molecular weight is 533 g/mol. The fraction of sp³-hybridized carbons (Fsp3) is 0.276. The van der Waals surface area contributed by atoms with Crippen LogP contribution in [0, 0.1) is 0 Å². The van der Waals surface area contributed by atoms with E-state index >= 15 is 0 Å². The molecule has 37 heavy (non-hydrogen) atoms. The summed E-state index contributed by atoms with van der Waals surface area (Å²) in [6, 6.07) is 25.4. The van der Waals surface area contributed by atoms with Gasteiger partial charge in [-0.3, -0.25) is 14.2 Å². The van der Waals surface area contributed by atoms with E-state index < -0.39 is 0 Å². The first-order chi connectivity index (χ1) is 18.1. The molecule has 1 amide bonds. The van der Waals surface area contributed by atoms with Gasteiger partial charge >= 0.3 is 0 Å². The summed E-state index contributed by atoms with van der Waals surface area (Å²) >= 11 is 7.84. The zero-order chi connectivity index (χ0) is 25.6. The summed E-state index contributed by atoms with van der Waals surface area (Å²) in [5, 5.41) is 1.93. The van der Waals surface area contributed by atoms with Crippen molar-refractivity contribution in [1.82, 2.24) is 14.5 Å². The molecule has 1 aromatic heterocycles. The van der Waals surface area contributed by atoms with Gasteiger partial charge in [0.1, 0.15) is 0 Å². The number of amides is 1. The fourth-order valence-electron chi connectivity index (χ4n) is 4.61. The van der Waals surface area contributed by atoms with Gasteiger partial charge in [0.25, 0.3) is 5.56 Å². The van der Waals surface area contributed by atoms with Crippen molar-refractivity contribution in [2.24, 2.45) is 0 Å². The molecule has 6 nitrogen and oxygen atoms in total. The number of hydrogen-bond donors (Lipinski definition) is 0. The molecule has 4 aromatic rings. The first-order valence-corrected chi connectivity index (χ1v) is 13.9. The lowest BCUT2D eigenvalue weighted by molar-refractivity contribution is -0.131. The zero-order valence-corrected chi connectivity index (χ0v) is 22.1. The van der Waals surface area contributed by atoms with Crippen molar-refractivity contribution in [3.63, 3.8) is 0 Å². The van der Waals surface area contributed by atoms with E-state index in [9.17, 15) is 9.59 Å². The van der Waals surface area contributed by atoms with Gasteiger partial charge in [0.2, 0.25) is 5.91 Å². The number of carbonyl (C=O) groups is 1. The van der Waals surface area contributed by atoms with E-state index in [2.05, 4.69) is 17.0 Å². The zero-order valence-electron chi connectivity index (χ0n) is 20.6. The van der Waals surface area contributed by atoms with E-state index in [0.29, 0.717) is 59.3 Å². The molecular formula is C29H29ClN4O2S. The van der Waals surface area contributed by atoms with Crippen LogP contribution in [0.3, 0.4) is 0 Å². The second kappa shape index (κ2) is 11.8. The van der Waals surface area contributed by atoms with E-state index in [1.165, 1.54) is 17.4 Å². The third kappa shape index (κ3) is 6.00. The summed E-state index contributed by atoms with van der Waals surface area (Å²) in [4.78, 5) is 35.3. The highest BCUT2D eigenvalue weighted by atomic mass is 35.5. The SMILES string of the molecule is O=C(CCCn1c(SCc2ccccc2Cl)nc2ccccc2c1=O)N1CCN(c2ccccc2)CC1. The van der Waals surface area contributed by atoms with E-state index in [1.807, 2.05) is 65.6 Å². The van der Waals surface area contributed by atoms with E-state index in [1.54, 1.807) is 10.6 Å². The largest absolute Gasteiger partial charge is 0.368 e. The van der Waals surface area contributed by atoms with Gasteiger partial charge in [0.05, 0.1) is 10.9 Å². The Hall–Kier alpha value is -3.29. The minimum atomic E-state index is -0.0730. The smallest absolute Gasteiger partial charge is 0.262 e. The number of nitrogens with zero attached hydrogens (tertiary/aromatic N) is 4. The third-order valence-electron chi connectivity index (χ3n) is 6.67. The van der Waals surface area contributed by atoms with Crippen LogP contribution in [-0.2, 0) is 17.1 Å². The number of carbonyl (C=O) groups excluding carboxylic acids is 1. The van der Waals surface area contributed by atoms with Crippen molar-refractivity contribution in [3.05, 3.63) is 99.8 Å². The Morgan fingerprint density at radius 2 is 1.59 bits per heavy atom. The molecule has 2 heterocycles. The molecule has 0 spiro atoms. The van der Waals surface area contributed by atoms with Gasteiger partial charge in [-0.15, -0.1) is 0 Å². The molecule has 190 valence electrons. The molecule has 1 aliphatic heterocycles. The van der Waals surface area contributed by atoms with E-state index in [-0.39, 0.29) is 11.5 Å². The first-order valence-electron chi connectivity index (χ1n) is 12.5. The minimum absolute atomic E-state index is 0.0730. The molecule has 0 radical (unpaired) electrons. The Balaban J connectivity index is 1.24. The summed E-state index contributed by atoms with van der Waals surface area (Å²) in [6.45, 7) is 3.52. The minimum Gasteiger partial charge on any atom is -0.368 e. The first kappa shape index (κ1) is 25.4. The Kier molecular flexibility index (Phi) is 8.12. The van der Waals surface area contributed by atoms with E-state index in [4.69, 9.17) is 16.6 Å². The molecule has 0 aliphatic carbocycles. The van der Waals surface area contributed by atoms with Crippen LogP contribution in [0.25, 0.3) is 10.9 Å². The number of thioether (sulfide) groups is 1. The molecule has 5 rings (SSSR count). The molecule has 0 unspecified atom stereocenters. The van der Waals surface area contributed by atoms with Crippen molar-refractivity contribution in [2.75, 3.05) is 31.1 Å². The number of fused-ring (bicyclic) bond motifs is 1. The van der Waals surface area contributed by atoms with Gasteiger partial charge in [0.15, 0.2) is 5.16 Å². The van der Waals surface area contributed by atoms with Crippen LogP contribution in [0.5, 0.6) is 0 Å². The lowest BCUT2D eigenvalue weighted by atomic mass is 10.2. The normalized spacial score (nSPS) is 13.8. The maximum Gasteiger partial charge on any atom is 0.262 e. The average Bonchev–Trinajstić information content (AvgIpc) is 2.94. The van der Waals surface area contributed by atoms with Crippen LogP contribution >= 0.6 is 23.4 Å². The molecule has 0 atom stereocenters. The highest BCUT2D eigenvalue weighted by Crippen LogP contribution is 2.26. The van der Waals surface area contributed by atoms with Crippen molar-refractivity contribution in [2.45, 2.75) is 30.3 Å². The van der Waals surface area contributed by atoms with Crippen LogP contribution in [0.1, 0.15) is 18.4 Å². The molecule has 1 fully saturated rings. The number of para-hydroxylation sites is 2. The Morgan fingerprint density at radius 1 is 0.892 bits per heavy atom. The highest BCUT2D eigenvalue weighted by Gasteiger charge is 2.21. The monoisotopic (exact) mass is 532 g/mol. The van der Waals surface area contributed by atoms with E-state index in [0.717, 1.165) is 18.7 Å². The Bertz CT molecular complexity index is 1440. The lowest BCUT2D eigenvalue weighted by Crippen LogP contribution is -2.48. The molecule has 8 heteroatoms. The van der Waals surface area contributed by atoms with Crippen molar-refractivity contribution >= 4 is 45.9 Å². The standard InChI is InChI=1S/C29H29ClN4O2S/c30-25-13-6-4-9-22(25)21-37-29-31-26-14-7-5-12-24(26)28(36)34(29)16-8-15-27(35)33-19-17-32(18-20-33)23-10-2-1-3-11-23/h1-7,9-14H,8,15-21H2. The van der Waals surface area contributed by atoms with Crippen molar-refractivity contribution in [1.29, 1.82) is 0 Å². The third-order valence-corrected chi connectivity index (χ3v) is 8.06. The summed E-state index contributed by atoms with van der Waals surface area (Å²) in [7, 11) is 0. The molecule has 0 N–H and O–H groups in total. The van der Waals surface area contributed by atoms with Gasteiger partial charge in [-0.05, 0) is 42.3 Å². The van der Waals surface area contributed by atoms with Crippen LogP contribution in [-0.4, -0.2) is 46.5 Å². The quantitative estimate of drug-likeness (QED) is 0.222. The van der Waals surface area contributed by atoms with Crippen LogP contribution in [0.2, 0.25) is 5.02 Å². The summed E-state index contributed by atoms with van der Waals surface area (Å²) in [5.74, 6) is 0.745. The molecule has 1 aliphatic rings. The Labute approximate surface area is 225 Å². The van der Waals surface area contributed by atoms with Crippen molar-refractivity contribution in [3.8, 4) is 0 Å². The van der Waals surface area contributed by atoms with Crippen LogP contribution in [0.15, 0.2) is 88.8 Å². The maximum absolute atomic E-state index is 13.4. The van der Waals surface area contributed by atoms with Crippen molar-refractivity contribution < 1.29 is 4.79 Å². The number of benzene rings is 3. The van der Waals surface area contributed by atoms with Crippen LogP contribution < -0.4 is 10.5 Å². The van der Waals surface area contributed by atoms with Gasteiger partial charge in [-0.2, -0.15) is 0 Å². The summed E-state index contributed by atoms with van der Waals surface area (Å²) in [5.41, 5.74) is 2.79. The lowest BCUT2D eigenvalue weighted by Gasteiger charge is -2.36. The predicted octanol–water partition coefficient (Wildman–Crippen LogP) is 5.47. The molecule has 3 aromatic carbocycles. The van der Waals surface area contributed by atoms with Crippen LogP contribution in [0.4, 0.5) is 5.69 Å². The molecule has 0 saturated carbocycles. The number of rotatable bonds is 8. The molecule has 0 bridgehead atoms. The molecular weight excluding hydrogens is 504 g/mol. The second-order valence-corrected chi connectivity index (χ2v) is 10.4. The molecule has 1 saturated heterocycles. The highest BCUT2D eigenvalue weighted by molar-refractivity contribution is 7.98.